The molecule has 0 bridgehead atoms. The number of ether oxygens (including phenoxy) is 2. The normalized spacial score (nSPS) is 19.6. The maximum Gasteiger partial charge on any atom is 0.416 e. The van der Waals surface area contributed by atoms with Crippen molar-refractivity contribution in [2.75, 3.05) is 54.6 Å². The quantitative estimate of drug-likeness (QED) is 0.398. The molecule has 0 aliphatic carbocycles. The third-order valence-corrected chi connectivity index (χ3v) is 8.23. The van der Waals surface area contributed by atoms with Crippen LogP contribution < -0.4 is 15.1 Å². The van der Waals surface area contributed by atoms with Gasteiger partial charge in [0.2, 0.25) is 5.95 Å². The topological polar surface area (TPSA) is 123 Å². The highest BCUT2D eigenvalue weighted by Gasteiger charge is 2.39. The van der Waals surface area contributed by atoms with Gasteiger partial charge in [0, 0.05) is 25.6 Å². The molecule has 3 aliphatic rings. The van der Waals surface area contributed by atoms with Crippen LogP contribution >= 0.6 is 0 Å². The van der Waals surface area contributed by atoms with Crippen LogP contribution in [-0.4, -0.2) is 61.5 Å². The Morgan fingerprint density at radius 1 is 1.02 bits per heavy atom. The molecule has 4 heterocycles. The maximum absolute atomic E-state index is 13.9. The van der Waals surface area contributed by atoms with Gasteiger partial charge in [0.05, 0.1) is 77.9 Å². The zero-order chi connectivity index (χ0) is 31.6. The molecule has 45 heavy (non-hydrogen) atoms. The number of aromatic nitrogens is 2. The van der Waals surface area contributed by atoms with Gasteiger partial charge in [0.25, 0.3) is 6.02 Å². The summed E-state index contributed by atoms with van der Waals surface area (Å²) in [5.74, 6) is 0.269. The van der Waals surface area contributed by atoms with Crippen LogP contribution in [0.2, 0.25) is 0 Å². The van der Waals surface area contributed by atoms with Crippen molar-refractivity contribution in [2.24, 2.45) is 4.99 Å². The van der Waals surface area contributed by atoms with Gasteiger partial charge in [-0.05, 0) is 60.4 Å². The van der Waals surface area contributed by atoms with Gasteiger partial charge in [-0.3, -0.25) is 4.90 Å². The van der Waals surface area contributed by atoms with Crippen molar-refractivity contribution in [1.82, 2.24) is 9.97 Å². The summed E-state index contributed by atoms with van der Waals surface area (Å²) in [6, 6.07) is 12.8. The summed E-state index contributed by atoms with van der Waals surface area (Å²) < 4.78 is 52.9. The third-order valence-electron chi connectivity index (χ3n) is 8.23. The molecule has 0 unspecified atom stereocenters. The Morgan fingerprint density at radius 3 is 2.42 bits per heavy atom. The van der Waals surface area contributed by atoms with Crippen molar-refractivity contribution in [3.63, 3.8) is 0 Å². The van der Waals surface area contributed by atoms with E-state index >= 15 is 0 Å². The minimum absolute atomic E-state index is 0.0891. The first-order chi connectivity index (χ1) is 21.8. The van der Waals surface area contributed by atoms with E-state index in [-0.39, 0.29) is 12.0 Å². The van der Waals surface area contributed by atoms with E-state index in [0.29, 0.717) is 92.8 Å². The fourth-order valence-corrected chi connectivity index (χ4v) is 6.10. The van der Waals surface area contributed by atoms with Crippen molar-refractivity contribution in [1.29, 1.82) is 10.5 Å². The van der Waals surface area contributed by atoms with Crippen LogP contribution in [0.15, 0.2) is 47.6 Å². The Balaban J connectivity index is 1.39. The Kier molecular flexibility index (Phi) is 8.46. The highest BCUT2D eigenvalue weighted by atomic mass is 19.4. The maximum atomic E-state index is 13.9. The fraction of sp³-hybridized carbons (Fsp3) is 0.406. The van der Waals surface area contributed by atoms with E-state index in [2.05, 4.69) is 32.3 Å². The lowest BCUT2D eigenvalue weighted by atomic mass is 9.89. The van der Waals surface area contributed by atoms with E-state index in [0.717, 1.165) is 17.3 Å². The first-order valence-corrected chi connectivity index (χ1v) is 14.8. The van der Waals surface area contributed by atoms with Gasteiger partial charge in [-0.2, -0.15) is 23.7 Å². The van der Waals surface area contributed by atoms with Gasteiger partial charge < -0.3 is 19.7 Å². The van der Waals surface area contributed by atoms with Gasteiger partial charge in [-0.15, -0.1) is 0 Å². The number of alkyl halides is 3. The predicted molar refractivity (Wildman–Crippen MR) is 161 cm³/mol. The van der Waals surface area contributed by atoms with Crippen LogP contribution in [0.1, 0.15) is 59.3 Å². The van der Waals surface area contributed by atoms with E-state index in [1.54, 1.807) is 18.3 Å². The molecule has 6 rings (SSSR count). The van der Waals surface area contributed by atoms with Crippen LogP contribution in [0.3, 0.4) is 0 Å². The van der Waals surface area contributed by atoms with Crippen LogP contribution in [0.5, 0.6) is 0 Å². The van der Waals surface area contributed by atoms with Gasteiger partial charge >= 0.3 is 6.18 Å². The SMILES string of the molecule is CC[C@@H]1C[C@H](Nc2ncc(N3CCOCC3)c(Cc3cc(C#N)cc(C#N)c3)n2)c2cc(C(F)(F)F)ccc2N1C1=NCCO1. The second-order valence-electron chi connectivity index (χ2n) is 11.1. The van der Waals surface area contributed by atoms with Crippen LogP contribution in [0.25, 0.3) is 0 Å². The molecule has 3 aliphatic heterocycles. The van der Waals surface area contributed by atoms with Crippen molar-refractivity contribution in [2.45, 2.75) is 44.4 Å². The number of rotatable bonds is 6. The number of amidine groups is 1. The van der Waals surface area contributed by atoms with E-state index in [4.69, 9.17) is 14.5 Å². The summed E-state index contributed by atoms with van der Waals surface area (Å²) in [6.07, 6.45) is -1.31. The monoisotopic (exact) mass is 616 g/mol. The Bertz CT molecular complexity index is 1660. The number of nitriles is 2. The highest BCUT2D eigenvalue weighted by Crippen LogP contribution is 2.43. The summed E-state index contributed by atoms with van der Waals surface area (Å²) in [7, 11) is 0. The average Bonchev–Trinajstić information content (AvgIpc) is 3.59. The number of fused-ring (bicyclic) bond motifs is 1. The Hall–Kier alpha value is -4.88. The molecular formula is C32H31F3N8O2. The minimum Gasteiger partial charge on any atom is -0.463 e. The number of benzene rings is 2. The molecule has 232 valence electrons. The first-order valence-electron chi connectivity index (χ1n) is 14.8. The van der Waals surface area contributed by atoms with E-state index in [9.17, 15) is 23.7 Å². The van der Waals surface area contributed by atoms with Crippen LogP contribution in [0, 0.1) is 22.7 Å². The van der Waals surface area contributed by atoms with Crippen LogP contribution in [-0.2, 0) is 22.1 Å². The molecule has 0 spiro atoms. The lowest BCUT2D eigenvalue weighted by Crippen LogP contribution is -2.46. The number of anilines is 3. The molecule has 1 saturated heterocycles. The van der Waals surface area contributed by atoms with E-state index in [1.807, 2.05) is 11.8 Å². The van der Waals surface area contributed by atoms with Gasteiger partial charge in [0.15, 0.2) is 0 Å². The fourth-order valence-electron chi connectivity index (χ4n) is 6.10. The second-order valence-corrected chi connectivity index (χ2v) is 11.1. The molecule has 0 saturated carbocycles. The number of halogens is 3. The van der Waals surface area contributed by atoms with E-state index in [1.165, 1.54) is 18.2 Å². The zero-order valence-electron chi connectivity index (χ0n) is 24.6. The largest absolute Gasteiger partial charge is 0.463 e. The molecular weight excluding hydrogens is 585 g/mol. The van der Waals surface area contributed by atoms with Crippen molar-refractivity contribution in [3.05, 3.63) is 76.1 Å². The van der Waals surface area contributed by atoms with Gasteiger partial charge in [0.1, 0.15) is 6.61 Å². The molecule has 0 amide bonds. The Morgan fingerprint density at radius 2 is 1.78 bits per heavy atom. The summed E-state index contributed by atoms with van der Waals surface area (Å²) in [5, 5.41) is 22.4. The first kappa shape index (κ1) is 30.2. The molecule has 1 N–H and O–H groups in total. The second kappa shape index (κ2) is 12.6. The molecule has 2 aromatic carbocycles. The molecule has 1 fully saturated rings. The van der Waals surface area contributed by atoms with Gasteiger partial charge in [-0.25, -0.2) is 15.0 Å². The number of nitrogens with one attached hydrogen (secondary N) is 1. The minimum atomic E-state index is -4.52. The Labute approximate surface area is 258 Å². The van der Waals surface area contributed by atoms with E-state index < -0.39 is 17.8 Å². The summed E-state index contributed by atoms with van der Waals surface area (Å²) in [5.41, 5.74) is 3.24. The molecule has 0 radical (unpaired) electrons. The number of aliphatic imine (C=N–C) groups is 1. The number of nitrogens with zero attached hydrogens (tertiary/aromatic N) is 7. The molecule has 1 aromatic heterocycles. The number of morpholine rings is 1. The van der Waals surface area contributed by atoms with Crippen molar-refractivity contribution >= 4 is 23.3 Å². The van der Waals surface area contributed by atoms with Crippen molar-refractivity contribution < 1.29 is 22.6 Å². The molecule has 10 nitrogen and oxygen atoms in total. The molecule has 2 atom stereocenters. The highest BCUT2D eigenvalue weighted by molar-refractivity contribution is 5.95. The standard InChI is InChI=1S/C32H31F3N8O2/c1-2-24-16-26(25-15-23(32(33,34)35)3-4-28(25)43(24)31-38-5-8-45-31)40-30-39-19-29(42-6-9-44-10-7-42)27(41-30)14-20-11-21(17-36)13-22(12-20)18-37/h3-4,11-13,15,19,24,26H,2,5-10,14,16H2,1H3,(H,39,40,41)/t24-,26+/m1/s1. The predicted octanol–water partition coefficient (Wildman–Crippen LogP) is 5.19. The summed E-state index contributed by atoms with van der Waals surface area (Å²) in [4.78, 5) is 18.0. The smallest absolute Gasteiger partial charge is 0.416 e. The summed E-state index contributed by atoms with van der Waals surface area (Å²) in [6.45, 7) is 5.33. The number of hydrogen-bond donors (Lipinski definition) is 1. The summed E-state index contributed by atoms with van der Waals surface area (Å²) >= 11 is 0. The average molecular weight is 617 g/mol. The van der Waals surface area contributed by atoms with Crippen molar-refractivity contribution in [3.8, 4) is 12.1 Å². The lowest BCUT2D eigenvalue weighted by molar-refractivity contribution is -0.137. The van der Waals surface area contributed by atoms with Gasteiger partial charge in [-0.1, -0.05) is 6.92 Å². The molecule has 13 heteroatoms. The third kappa shape index (κ3) is 6.35. The zero-order valence-corrected chi connectivity index (χ0v) is 24.6. The number of hydrogen-bond acceptors (Lipinski definition) is 10. The lowest BCUT2D eigenvalue weighted by Gasteiger charge is -2.41. The van der Waals surface area contributed by atoms with Crippen LogP contribution in [0.4, 0.5) is 30.5 Å². The molecule has 3 aromatic rings.